The third kappa shape index (κ3) is 7.55. The zero-order valence-electron chi connectivity index (χ0n) is 35.6. The monoisotopic (exact) mass is 815 g/mol. The standard InChI is InChI=1S/C54H57NO2S2/c1-7-9-11-13-17-35-31-47(59-32-35)52(58)37(18-14-12-10-8-2)24-23-36-25-26-42-44-28-30-46-50-45(29-27-43(49(44)50)41-22-16-21-40(36)48(41)42)53(56)55(54(46)57)51-38(33(3)4)19-15-20-39(51)34(5)6/h15-16,19-34,58H,7-14,17-18H2,1-6H3. The third-order valence-corrected chi connectivity index (χ3v) is 14.2. The number of thiophene rings is 1. The van der Waals surface area contributed by atoms with E-state index in [9.17, 15) is 9.59 Å². The molecule has 0 bridgehead atoms. The highest BCUT2D eigenvalue weighted by Gasteiger charge is 2.38. The van der Waals surface area contributed by atoms with Crippen LogP contribution in [0.25, 0.3) is 54.1 Å². The number of anilines is 1. The van der Waals surface area contributed by atoms with Crippen molar-refractivity contribution in [3.05, 3.63) is 134 Å². The minimum Gasteiger partial charge on any atom is -0.268 e. The average Bonchev–Trinajstić information content (AvgIpc) is 3.72. The Bertz CT molecular complexity index is 2670. The van der Waals surface area contributed by atoms with E-state index in [1.54, 1.807) is 0 Å². The molecule has 0 saturated carbocycles. The summed E-state index contributed by atoms with van der Waals surface area (Å²) in [5.41, 5.74) is 7.80. The van der Waals surface area contributed by atoms with E-state index in [2.05, 4.69) is 120 Å². The van der Waals surface area contributed by atoms with Crippen LogP contribution in [0.4, 0.5) is 5.69 Å². The number of benzene rings is 6. The van der Waals surface area contributed by atoms with Crippen molar-refractivity contribution in [1.82, 2.24) is 0 Å². The predicted octanol–water partition coefficient (Wildman–Crippen LogP) is 16.3. The van der Waals surface area contributed by atoms with Crippen LogP contribution in [-0.2, 0) is 6.42 Å². The van der Waals surface area contributed by atoms with Gasteiger partial charge in [0.05, 0.1) is 5.69 Å². The van der Waals surface area contributed by atoms with Crippen LogP contribution in [0.2, 0.25) is 0 Å². The molecule has 7 aromatic rings. The molecule has 1 aromatic heterocycles. The molecule has 6 aromatic carbocycles. The van der Waals surface area contributed by atoms with Gasteiger partial charge < -0.3 is 0 Å². The van der Waals surface area contributed by atoms with Gasteiger partial charge in [0, 0.05) is 26.3 Å². The highest BCUT2D eigenvalue weighted by atomic mass is 32.1. The number of thiol groups is 1. The molecule has 0 atom stereocenters. The minimum absolute atomic E-state index is 0.144. The van der Waals surface area contributed by atoms with Gasteiger partial charge in [0.2, 0.25) is 0 Å². The van der Waals surface area contributed by atoms with Gasteiger partial charge in [-0.25, -0.2) is 4.90 Å². The fourth-order valence-electron chi connectivity index (χ4n) is 9.39. The van der Waals surface area contributed by atoms with E-state index in [4.69, 9.17) is 12.6 Å². The molecule has 1 aliphatic heterocycles. The largest absolute Gasteiger partial charge is 0.268 e. The summed E-state index contributed by atoms with van der Waals surface area (Å²) in [5.74, 6) is -0.215. The van der Waals surface area contributed by atoms with Crippen LogP contribution in [0.5, 0.6) is 0 Å². The lowest BCUT2D eigenvalue weighted by Crippen LogP contribution is -2.41. The van der Waals surface area contributed by atoms with Gasteiger partial charge >= 0.3 is 0 Å². The molecule has 1 aliphatic rings. The van der Waals surface area contributed by atoms with Crippen LogP contribution in [0, 0.1) is 0 Å². The molecule has 2 heterocycles. The van der Waals surface area contributed by atoms with E-state index in [0.717, 1.165) is 73.3 Å². The number of para-hydroxylation sites is 1. The second-order valence-corrected chi connectivity index (χ2v) is 18.5. The first-order chi connectivity index (χ1) is 28.6. The number of hydrogen-bond donors (Lipinski definition) is 1. The topological polar surface area (TPSA) is 37.4 Å². The average molecular weight is 816 g/mol. The van der Waals surface area contributed by atoms with Crippen molar-refractivity contribution in [3.8, 4) is 0 Å². The smallest absolute Gasteiger partial charge is 0.266 e. The SMILES string of the molecule is CCCCCCC(C=Cc1ccc2c3ccc4c5c(ccc(c6cccc1c62)c53)C(=O)N(c1c(C(C)C)cccc1C(C)C)C4=O)=C(S)c1cc(CCCCCC)cs1. The van der Waals surface area contributed by atoms with E-state index in [0.29, 0.717) is 11.1 Å². The van der Waals surface area contributed by atoms with Crippen LogP contribution in [0.1, 0.15) is 159 Å². The minimum atomic E-state index is -0.251. The van der Waals surface area contributed by atoms with Gasteiger partial charge in [0.25, 0.3) is 11.8 Å². The molecule has 0 spiro atoms. The van der Waals surface area contributed by atoms with E-state index in [1.807, 2.05) is 29.5 Å². The molecule has 2 amide bonds. The lowest BCUT2D eigenvalue weighted by atomic mass is 9.83. The summed E-state index contributed by atoms with van der Waals surface area (Å²) in [4.78, 5) is 33.2. The van der Waals surface area contributed by atoms with Crippen molar-refractivity contribution in [2.75, 3.05) is 4.90 Å². The van der Waals surface area contributed by atoms with Gasteiger partial charge in [-0.1, -0.05) is 153 Å². The summed E-state index contributed by atoms with van der Waals surface area (Å²) in [5, 5.41) is 10.9. The van der Waals surface area contributed by atoms with E-state index < -0.39 is 0 Å². The predicted molar refractivity (Wildman–Crippen MR) is 259 cm³/mol. The molecule has 3 nitrogen and oxygen atoms in total. The Balaban J connectivity index is 1.22. The maximum atomic E-state index is 14.7. The summed E-state index contributed by atoms with van der Waals surface area (Å²) >= 11 is 7.02. The number of carbonyl (C=O) groups excluding carboxylic acids is 2. The lowest BCUT2D eigenvalue weighted by Gasteiger charge is -2.32. The Hall–Kier alpha value is -4.71. The summed E-state index contributed by atoms with van der Waals surface area (Å²) in [7, 11) is 0. The van der Waals surface area contributed by atoms with E-state index in [-0.39, 0.29) is 23.7 Å². The van der Waals surface area contributed by atoms with Gasteiger partial charge in [0.15, 0.2) is 0 Å². The lowest BCUT2D eigenvalue weighted by molar-refractivity contribution is 0.0893. The van der Waals surface area contributed by atoms with Crippen molar-refractivity contribution in [2.45, 2.75) is 118 Å². The number of amides is 2. The number of nitrogens with zero attached hydrogens (tertiary/aromatic N) is 1. The fraction of sp³-hybridized carbons (Fsp3) is 0.333. The third-order valence-electron chi connectivity index (χ3n) is 12.5. The second-order valence-electron chi connectivity index (χ2n) is 17.2. The number of imide groups is 1. The number of rotatable bonds is 16. The zero-order chi connectivity index (χ0) is 41.4. The molecule has 0 fully saturated rings. The number of aryl methyl sites for hydroxylation is 1. The molecule has 59 heavy (non-hydrogen) atoms. The van der Waals surface area contributed by atoms with Crippen LogP contribution >= 0.6 is 24.0 Å². The first-order valence-electron chi connectivity index (χ1n) is 22.0. The summed E-state index contributed by atoms with van der Waals surface area (Å²) < 4.78 is 0. The van der Waals surface area contributed by atoms with Gasteiger partial charge in [0.1, 0.15) is 0 Å². The molecule has 0 radical (unpaired) electrons. The quantitative estimate of drug-likeness (QED) is 0.0263. The second kappa shape index (κ2) is 17.5. The molecule has 0 N–H and O–H groups in total. The molecule has 8 rings (SSSR count). The fourth-order valence-corrected chi connectivity index (χ4v) is 10.7. The molecular weight excluding hydrogens is 759 g/mol. The number of fused-ring (bicyclic) bond motifs is 2. The number of unbranched alkanes of at least 4 members (excludes halogenated alkanes) is 6. The zero-order valence-corrected chi connectivity index (χ0v) is 37.3. The van der Waals surface area contributed by atoms with Crippen LogP contribution in [0.3, 0.4) is 0 Å². The summed E-state index contributed by atoms with van der Waals surface area (Å²) in [6.45, 7) is 13.0. The van der Waals surface area contributed by atoms with Gasteiger partial charge in [-0.3, -0.25) is 9.59 Å². The number of hydrogen-bond acceptors (Lipinski definition) is 4. The Morgan fingerprint density at radius 3 is 1.88 bits per heavy atom. The highest BCUT2D eigenvalue weighted by Crippen LogP contribution is 2.47. The van der Waals surface area contributed by atoms with Crippen LogP contribution < -0.4 is 4.90 Å². The van der Waals surface area contributed by atoms with Crippen LogP contribution in [-0.4, -0.2) is 11.8 Å². The van der Waals surface area contributed by atoms with Crippen LogP contribution in [0.15, 0.2) is 95.9 Å². The Morgan fingerprint density at radius 1 is 0.661 bits per heavy atom. The maximum Gasteiger partial charge on any atom is 0.266 e. The highest BCUT2D eigenvalue weighted by molar-refractivity contribution is 7.90. The molecular formula is C54H57NO2S2. The first kappa shape index (κ1) is 41.0. The molecule has 5 heteroatoms. The van der Waals surface area contributed by atoms with Gasteiger partial charge in [-0.15, -0.1) is 24.0 Å². The van der Waals surface area contributed by atoms with Crippen molar-refractivity contribution >= 4 is 95.5 Å². The first-order valence-corrected chi connectivity index (χ1v) is 23.3. The Kier molecular flexibility index (Phi) is 12.2. The normalized spacial score (nSPS) is 13.9. The maximum absolute atomic E-state index is 14.7. The van der Waals surface area contributed by atoms with Crippen molar-refractivity contribution in [3.63, 3.8) is 0 Å². The van der Waals surface area contributed by atoms with Gasteiger partial charge in [-0.2, -0.15) is 0 Å². The number of allylic oxidation sites excluding steroid dienone is 2. The molecule has 0 aliphatic carbocycles. The molecule has 0 saturated heterocycles. The van der Waals surface area contributed by atoms with E-state index in [1.165, 1.54) is 82.2 Å². The number of carbonyl (C=O) groups is 2. The van der Waals surface area contributed by atoms with Crippen molar-refractivity contribution in [2.24, 2.45) is 0 Å². The van der Waals surface area contributed by atoms with E-state index >= 15 is 0 Å². The van der Waals surface area contributed by atoms with Crippen molar-refractivity contribution < 1.29 is 9.59 Å². The molecule has 302 valence electrons. The van der Waals surface area contributed by atoms with Crippen molar-refractivity contribution in [1.29, 1.82) is 0 Å². The summed E-state index contributed by atoms with van der Waals surface area (Å²) in [6.07, 6.45) is 16.7. The van der Waals surface area contributed by atoms with Gasteiger partial charge in [-0.05, 0) is 127 Å². The Labute approximate surface area is 360 Å². The molecule has 0 unspecified atom stereocenters. The Morgan fingerprint density at radius 2 is 1.24 bits per heavy atom. The summed E-state index contributed by atoms with van der Waals surface area (Å²) in [6, 6.07) is 27.7.